The molecule has 0 N–H and O–H groups in total. The Morgan fingerprint density at radius 2 is 1.73 bits per heavy atom. The van der Waals surface area contributed by atoms with Gasteiger partial charge in [0.05, 0.1) is 11.3 Å². The van der Waals surface area contributed by atoms with Crippen LogP contribution in [-0.2, 0) is 4.79 Å². The zero-order valence-electron chi connectivity index (χ0n) is 8.05. The molecule has 2 nitrogen and oxygen atoms in total. The molecule has 0 unspecified atom stereocenters. The molecular formula is C13H9NO. The van der Waals surface area contributed by atoms with Crippen molar-refractivity contribution >= 4 is 11.5 Å². The SMILES string of the molecule is O=C=C(c1ccccc1)c1ccccn1. The molecule has 0 saturated heterocycles. The normalized spacial score (nSPS) is 9.33. The van der Waals surface area contributed by atoms with Crippen LogP contribution in [0.3, 0.4) is 0 Å². The number of pyridine rings is 1. The van der Waals surface area contributed by atoms with Crippen LogP contribution in [0.4, 0.5) is 0 Å². The molecule has 0 bridgehead atoms. The van der Waals surface area contributed by atoms with Crippen LogP contribution in [-0.4, -0.2) is 10.9 Å². The van der Waals surface area contributed by atoms with Gasteiger partial charge in [-0.25, -0.2) is 4.79 Å². The molecule has 0 aliphatic carbocycles. The highest BCUT2D eigenvalue weighted by Gasteiger charge is 2.05. The van der Waals surface area contributed by atoms with Gasteiger partial charge in [0, 0.05) is 6.20 Å². The quantitative estimate of drug-likeness (QED) is 0.688. The van der Waals surface area contributed by atoms with E-state index in [2.05, 4.69) is 4.98 Å². The summed E-state index contributed by atoms with van der Waals surface area (Å²) in [6.07, 6.45) is 1.66. The molecule has 0 amide bonds. The van der Waals surface area contributed by atoms with Crippen molar-refractivity contribution in [1.82, 2.24) is 4.98 Å². The Morgan fingerprint density at radius 3 is 2.33 bits per heavy atom. The number of benzene rings is 1. The molecule has 2 aromatic rings. The summed E-state index contributed by atoms with van der Waals surface area (Å²) in [6, 6.07) is 14.9. The molecule has 1 aromatic carbocycles. The highest BCUT2D eigenvalue weighted by atomic mass is 16.1. The van der Waals surface area contributed by atoms with E-state index < -0.39 is 0 Å². The molecule has 0 spiro atoms. The third-order valence-electron chi connectivity index (χ3n) is 2.09. The van der Waals surface area contributed by atoms with Crippen LogP contribution in [0.5, 0.6) is 0 Å². The molecule has 0 fully saturated rings. The summed E-state index contributed by atoms with van der Waals surface area (Å²) >= 11 is 0. The van der Waals surface area contributed by atoms with E-state index in [-0.39, 0.29) is 0 Å². The fourth-order valence-electron chi connectivity index (χ4n) is 1.37. The highest BCUT2D eigenvalue weighted by Crippen LogP contribution is 2.17. The van der Waals surface area contributed by atoms with E-state index in [1.807, 2.05) is 48.4 Å². The van der Waals surface area contributed by atoms with E-state index >= 15 is 0 Å². The number of aromatic nitrogens is 1. The third-order valence-corrected chi connectivity index (χ3v) is 2.09. The summed E-state index contributed by atoms with van der Waals surface area (Å²) in [5, 5.41) is 0. The Balaban J connectivity index is 2.48. The topological polar surface area (TPSA) is 30.0 Å². The molecule has 0 saturated carbocycles. The van der Waals surface area contributed by atoms with Crippen molar-refractivity contribution < 1.29 is 4.79 Å². The Labute approximate surface area is 87.9 Å². The second kappa shape index (κ2) is 4.36. The van der Waals surface area contributed by atoms with Crippen LogP contribution < -0.4 is 0 Å². The fourth-order valence-corrected chi connectivity index (χ4v) is 1.37. The monoisotopic (exact) mass is 195 g/mol. The minimum absolute atomic E-state index is 0.496. The number of carbonyl (C=O) groups excluding carboxylic acids is 1. The van der Waals surface area contributed by atoms with Gasteiger partial charge in [-0.3, -0.25) is 4.98 Å². The molecule has 1 heterocycles. The summed E-state index contributed by atoms with van der Waals surface area (Å²) in [6.45, 7) is 0. The van der Waals surface area contributed by atoms with Crippen molar-refractivity contribution in [3.63, 3.8) is 0 Å². The van der Waals surface area contributed by atoms with E-state index in [1.54, 1.807) is 12.3 Å². The highest BCUT2D eigenvalue weighted by molar-refractivity contribution is 5.95. The molecule has 2 heteroatoms. The Bertz CT molecular complexity index is 443. The van der Waals surface area contributed by atoms with Gasteiger partial charge in [0.2, 0.25) is 0 Å². The van der Waals surface area contributed by atoms with Crippen LogP contribution in [0.25, 0.3) is 5.57 Å². The second-order valence-corrected chi connectivity index (χ2v) is 3.06. The van der Waals surface area contributed by atoms with Gasteiger partial charge in [-0.2, -0.15) is 0 Å². The van der Waals surface area contributed by atoms with Crippen molar-refractivity contribution in [2.45, 2.75) is 0 Å². The molecule has 0 aliphatic rings. The van der Waals surface area contributed by atoms with Gasteiger partial charge in [0.25, 0.3) is 0 Å². The predicted molar refractivity (Wildman–Crippen MR) is 58.9 cm³/mol. The van der Waals surface area contributed by atoms with Gasteiger partial charge in [0.1, 0.15) is 5.94 Å². The lowest BCUT2D eigenvalue weighted by molar-refractivity contribution is 0.569. The maximum absolute atomic E-state index is 10.9. The lowest BCUT2D eigenvalue weighted by Crippen LogP contribution is -1.91. The second-order valence-electron chi connectivity index (χ2n) is 3.06. The molecular weight excluding hydrogens is 186 g/mol. The first-order valence-corrected chi connectivity index (χ1v) is 4.64. The molecule has 0 aliphatic heterocycles. The van der Waals surface area contributed by atoms with Crippen LogP contribution in [0.2, 0.25) is 0 Å². The Kier molecular flexibility index (Phi) is 2.72. The smallest absolute Gasteiger partial charge is 0.135 e. The number of nitrogens with zero attached hydrogens (tertiary/aromatic N) is 1. The van der Waals surface area contributed by atoms with Crippen LogP contribution >= 0.6 is 0 Å². The molecule has 0 radical (unpaired) electrons. The molecule has 72 valence electrons. The van der Waals surface area contributed by atoms with Gasteiger partial charge < -0.3 is 0 Å². The van der Waals surface area contributed by atoms with Gasteiger partial charge >= 0.3 is 0 Å². The summed E-state index contributed by atoms with van der Waals surface area (Å²) in [5.74, 6) is 1.94. The molecule has 1 aromatic heterocycles. The Morgan fingerprint density at radius 1 is 1.00 bits per heavy atom. The molecule has 0 atom stereocenters. The Hall–Kier alpha value is -2.18. The predicted octanol–water partition coefficient (Wildman–Crippen LogP) is 2.34. The van der Waals surface area contributed by atoms with Crippen molar-refractivity contribution in [1.29, 1.82) is 0 Å². The zero-order valence-corrected chi connectivity index (χ0v) is 8.05. The first-order valence-electron chi connectivity index (χ1n) is 4.64. The summed E-state index contributed by atoms with van der Waals surface area (Å²) in [4.78, 5) is 15.0. The van der Waals surface area contributed by atoms with Crippen molar-refractivity contribution in [3.8, 4) is 0 Å². The number of hydrogen-bond acceptors (Lipinski definition) is 2. The van der Waals surface area contributed by atoms with Gasteiger partial charge in [-0.05, 0) is 17.7 Å². The third kappa shape index (κ3) is 2.01. The maximum atomic E-state index is 10.9. The molecule has 2 rings (SSSR count). The number of rotatable bonds is 2. The van der Waals surface area contributed by atoms with Gasteiger partial charge in [-0.15, -0.1) is 0 Å². The van der Waals surface area contributed by atoms with Crippen molar-refractivity contribution in [3.05, 3.63) is 66.0 Å². The summed E-state index contributed by atoms with van der Waals surface area (Å²) < 4.78 is 0. The van der Waals surface area contributed by atoms with Crippen LogP contribution in [0.15, 0.2) is 54.7 Å². The standard InChI is InChI=1S/C13H9NO/c15-10-12(11-6-2-1-3-7-11)13-8-4-5-9-14-13/h1-9H. The average molecular weight is 195 g/mol. The lowest BCUT2D eigenvalue weighted by atomic mass is 10.0. The van der Waals surface area contributed by atoms with Crippen molar-refractivity contribution in [2.75, 3.05) is 0 Å². The van der Waals surface area contributed by atoms with Crippen LogP contribution in [0, 0.1) is 0 Å². The minimum Gasteiger partial charge on any atom is -0.255 e. The minimum atomic E-state index is 0.496. The maximum Gasteiger partial charge on any atom is 0.135 e. The first kappa shape index (κ1) is 9.38. The lowest BCUT2D eigenvalue weighted by Gasteiger charge is -2.01. The molecule has 15 heavy (non-hydrogen) atoms. The largest absolute Gasteiger partial charge is 0.255 e. The summed E-state index contributed by atoms with van der Waals surface area (Å²) in [7, 11) is 0. The van der Waals surface area contributed by atoms with E-state index in [1.165, 1.54) is 0 Å². The fraction of sp³-hybridized carbons (Fsp3) is 0. The van der Waals surface area contributed by atoms with Crippen molar-refractivity contribution in [2.24, 2.45) is 0 Å². The van der Waals surface area contributed by atoms with Crippen LogP contribution in [0.1, 0.15) is 11.3 Å². The van der Waals surface area contributed by atoms with E-state index in [0.29, 0.717) is 11.3 Å². The number of hydrogen-bond donors (Lipinski definition) is 0. The summed E-state index contributed by atoms with van der Waals surface area (Å²) in [5.41, 5.74) is 1.99. The zero-order chi connectivity index (χ0) is 10.5. The average Bonchev–Trinajstić information content (AvgIpc) is 2.33. The van der Waals surface area contributed by atoms with E-state index in [0.717, 1.165) is 5.56 Å². The van der Waals surface area contributed by atoms with E-state index in [4.69, 9.17) is 0 Å². The van der Waals surface area contributed by atoms with Gasteiger partial charge in [0.15, 0.2) is 0 Å². The van der Waals surface area contributed by atoms with Gasteiger partial charge in [-0.1, -0.05) is 36.4 Å². The van der Waals surface area contributed by atoms with E-state index in [9.17, 15) is 4.79 Å². The first-order chi connectivity index (χ1) is 7.42.